The summed E-state index contributed by atoms with van der Waals surface area (Å²) in [5, 5.41) is 1.23. The lowest BCUT2D eigenvalue weighted by atomic mass is 10.1. The maximum atomic E-state index is 13.0. The van der Waals surface area contributed by atoms with Gasteiger partial charge in [0.15, 0.2) is 15.6 Å². The number of carbonyl (C=O) groups is 1. The highest BCUT2D eigenvalue weighted by molar-refractivity contribution is 7.93. The SMILES string of the molecule is CCOC(=O)CS(=O)(=O)c1cc(NS(=O)(=O)c2ccc(C)cc2)c2[nH]c3ccccc3c2c1. The Kier molecular flexibility index (Phi) is 5.89. The van der Waals surface area contributed by atoms with E-state index in [2.05, 4.69) is 9.71 Å². The van der Waals surface area contributed by atoms with Crippen molar-refractivity contribution >= 4 is 53.3 Å². The number of benzene rings is 3. The van der Waals surface area contributed by atoms with Crippen LogP contribution in [0.1, 0.15) is 12.5 Å². The number of carbonyl (C=O) groups excluding carboxylic acids is 1. The van der Waals surface area contributed by atoms with Crippen LogP contribution in [-0.2, 0) is 29.4 Å². The standard InChI is InChI=1S/C23H22N2O6S2/c1-3-31-22(26)14-32(27,28)17-12-19-18-6-4-5-7-20(18)24-23(19)21(13-17)25-33(29,30)16-10-8-15(2)9-11-16/h4-13,24-25H,3,14H2,1-2H3. The molecule has 0 spiro atoms. The predicted molar refractivity (Wildman–Crippen MR) is 126 cm³/mol. The number of ether oxygens (including phenoxy) is 1. The molecule has 0 aliphatic carbocycles. The van der Waals surface area contributed by atoms with Gasteiger partial charge in [0.05, 0.1) is 27.6 Å². The minimum Gasteiger partial charge on any atom is -0.465 e. The molecule has 0 atom stereocenters. The van der Waals surface area contributed by atoms with Crippen LogP contribution in [0.15, 0.2) is 70.5 Å². The third-order valence-corrected chi connectivity index (χ3v) is 8.09. The fraction of sp³-hybridized carbons (Fsp3) is 0.174. The molecule has 4 aromatic rings. The van der Waals surface area contributed by atoms with E-state index < -0.39 is 31.6 Å². The molecule has 1 heterocycles. The Bertz CT molecular complexity index is 1570. The lowest BCUT2D eigenvalue weighted by Crippen LogP contribution is -2.19. The highest BCUT2D eigenvalue weighted by atomic mass is 32.2. The number of esters is 1. The highest BCUT2D eigenvalue weighted by Crippen LogP contribution is 2.34. The fourth-order valence-electron chi connectivity index (χ4n) is 3.55. The van der Waals surface area contributed by atoms with Crippen LogP contribution >= 0.6 is 0 Å². The lowest BCUT2D eigenvalue weighted by Gasteiger charge is -2.12. The minimum absolute atomic E-state index is 0.0390. The van der Waals surface area contributed by atoms with E-state index in [1.807, 2.05) is 13.0 Å². The zero-order chi connectivity index (χ0) is 23.8. The zero-order valence-corrected chi connectivity index (χ0v) is 19.6. The number of aromatic nitrogens is 1. The van der Waals surface area contributed by atoms with Crippen LogP contribution < -0.4 is 4.72 Å². The van der Waals surface area contributed by atoms with E-state index in [4.69, 9.17) is 4.74 Å². The monoisotopic (exact) mass is 486 g/mol. The summed E-state index contributed by atoms with van der Waals surface area (Å²) in [4.78, 5) is 14.9. The van der Waals surface area contributed by atoms with Crippen molar-refractivity contribution in [1.82, 2.24) is 4.98 Å². The Hall–Kier alpha value is -3.37. The van der Waals surface area contributed by atoms with Crippen LogP contribution in [0.2, 0.25) is 0 Å². The second kappa shape index (κ2) is 8.53. The summed E-state index contributed by atoms with van der Waals surface area (Å²) < 4.78 is 59.3. The first kappa shape index (κ1) is 22.8. The molecule has 0 fully saturated rings. The zero-order valence-electron chi connectivity index (χ0n) is 18.0. The predicted octanol–water partition coefficient (Wildman–Crippen LogP) is 3.77. The van der Waals surface area contributed by atoms with Crippen molar-refractivity contribution in [3.63, 3.8) is 0 Å². The molecular weight excluding hydrogens is 464 g/mol. The van der Waals surface area contributed by atoms with Gasteiger partial charge < -0.3 is 9.72 Å². The molecule has 4 rings (SSSR count). The Morgan fingerprint density at radius 1 is 0.939 bits per heavy atom. The first-order valence-electron chi connectivity index (χ1n) is 10.1. The van der Waals surface area contributed by atoms with Crippen molar-refractivity contribution in [2.75, 3.05) is 17.1 Å². The van der Waals surface area contributed by atoms with Crippen molar-refractivity contribution in [3.05, 3.63) is 66.2 Å². The average molecular weight is 487 g/mol. The number of H-pyrrole nitrogens is 1. The van der Waals surface area contributed by atoms with Crippen LogP contribution in [-0.4, -0.2) is 40.1 Å². The van der Waals surface area contributed by atoms with Gasteiger partial charge in [0.2, 0.25) is 0 Å². The fourth-order valence-corrected chi connectivity index (χ4v) is 5.76. The normalized spacial score (nSPS) is 12.2. The van der Waals surface area contributed by atoms with Gasteiger partial charge in [-0.3, -0.25) is 9.52 Å². The second-order valence-corrected chi connectivity index (χ2v) is 11.2. The molecule has 172 valence electrons. The molecular formula is C23H22N2O6S2. The summed E-state index contributed by atoms with van der Waals surface area (Å²) in [6.07, 6.45) is 0. The second-order valence-electron chi connectivity index (χ2n) is 7.55. The summed E-state index contributed by atoms with van der Waals surface area (Å²) >= 11 is 0. The molecule has 0 amide bonds. The van der Waals surface area contributed by atoms with E-state index in [1.54, 1.807) is 37.3 Å². The molecule has 2 N–H and O–H groups in total. The number of sulfone groups is 1. The van der Waals surface area contributed by atoms with Gasteiger partial charge in [-0.25, -0.2) is 16.8 Å². The topological polar surface area (TPSA) is 122 Å². The number of hydrogen-bond acceptors (Lipinski definition) is 6. The quantitative estimate of drug-likeness (QED) is 0.384. The van der Waals surface area contributed by atoms with E-state index in [0.29, 0.717) is 16.4 Å². The Morgan fingerprint density at radius 2 is 1.64 bits per heavy atom. The number of fused-ring (bicyclic) bond motifs is 3. The molecule has 3 aromatic carbocycles. The summed E-state index contributed by atoms with van der Waals surface area (Å²) in [6, 6.07) is 16.2. The summed E-state index contributed by atoms with van der Waals surface area (Å²) in [5.74, 6) is -1.72. The molecule has 8 nitrogen and oxygen atoms in total. The third-order valence-electron chi connectivity index (χ3n) is 5.14. The van der Waals surface area contributed by atoms with Crippen LogP contribution in [0.4, 0.5) is 5.69 Å². The van der Waals surface area contributed by atoms with Gasteiger partial charge in [-0.05, 0) is 44.2 Å². The van der Waals surface area contributed by atoms with E-state index in [0.717, 1.165) is 10.9 Å². The molecule has 0 aliphatic heterocycles. The molecule has 0 unspecified atom stereocenters. The number of para-hydroxylation sites is 1. The van der Waals surface area contributed by atoms with Gasteiger partial charge in [0, 0.05) is 16.3 Å². The highest BCUT2D eigenvalue weighted by Gasteiger charge is 2.25. The lowest BCUT2D eigenvalue weighted by molar-refractivity contribution is -0.139. The molecule has 0 saturated carbocycles. The van der Waals surface area contributed by atoms with Gasteiger partial charge >= 0.3 is 5.97 Å². The number of rotatable bonds is 7. The number of nitrogens with one attached hydrogen (secondary N) is 2. The van der Waals surface area contributed by atoms with E-state index >= 15 is 0 Å². The molecule has 0 bridgehead atoms. The Balaban J connectivity index is 1.89. The molecule has 0 aliphatic rings. The van der Waals surface area contributed by atoms with Crippen LogP contribution in [0.3, 0.4) is 0 Å². The summed E-state index contributed by atoms with van der Waals surface area (Å²) in [5.41, 5.74) is 2.11. The maximum Gasteiger partial charge on any atom is 0.321 e. The van der Waals surface area contributed by atoms with E-state index in [1.165, 1.54) is 24.3 Å². The number of aryl methyl sites for hydroxylation is 1. The largest absolute Gasteiger partial charge is 0.465 e. The van der Waals surface area contributed by atoms with Crippen molar-refractivity contribution in [2.24, 2.45) is 0 Å². The summed E-state index contributed by atoms with van der Waals surface area (Å²) in [7, 11) is -8.10. The molecule has 33 heavy (non-hydrogen) atoms. The van der Waals surface area contributed by atoms with Gasteiger partial charge in [-0.2, -0.15) is 0 Å². The molecule has 1 aromatic heterocycles. The van der Waals surface area contributed by atoms with Crippen molar-refractivity contribution in [2.45, 2.75) is 23.6 Å². The van der Waals surface area contributed by atoms with Gasteiger partial charge in [0.25, 0.3) is 10.0 Å². The van der Waals surface area contributed by atoms with E-state index in [9.17, 15) is 21.6 Å². The third kappa shape index (κ3) is 4.57. The summed E-state index contributed by atoms with van der Waals surface area (Å²) in [6.45, 7) is 3.48. The van der Waals surface area contributed by atoms with Crippen LogP contribution in [0, 0.1) is 6.92 Å². The Labute approximate surface area is 191 Å². The van der Waals surface area contributed by atoms with E-state index in [-0.39, 0.29) is 22.1 Å². The number of aromatic amines is 1. The van der Waals surface area contributed by atoms with Crippen LogP contribution in [0.5, 0.6) is 0 Å². The van der Waals surface area contributed by atoms with Crippen molar-refractivity contribution in [1.29, 1.82) is 0 Å². The van der Waals surface area contributed by atoms with Crippen molar-refractivity contribution < 1.29 is 26.4 Å². The maximum absolute atomic E-state index is 13.0. The minimum atomic E-state index is -4.09. The van der Waals surface area contributed by atoms with Gasteiger partial charge in [-0.1, -0.05) is 35.9 Å². The van der Waals surface area contributed by atoms with Crippen molar-refractivity contribution in [3.8, 4) is 0 Å². The average Bonchev–Trinajstić information content (AvgIpc) is 3.13. The molecule has 0 saturated heterocycles. The Morgan fingerprint density at radius 3 is 2.33 bits per heavy atom. The number of sulfonamides is 1. The molecule has 0 radical (unpaired) electrons. The number of hydrogen-bond donors (Lipinski definition) is 2. The van der Waals surface area contributed by atoms with Gasteiger partial charge in [-0.15, -0.1) is 0 Å². The first-order chi connectivity index (χ1) is 15.6. The molecule has 10 heteroatoms. The van der Waals surface area contributed by atoms with Gasteiger partial charge in [0.1, 0.15) is 0 Å². The first-order valence-corrected chi connectivity index (χ1v) is 13.3. The van der Waals surface area contributed by atoms with Crippen LogP contribution in [0.25, 0.3) is 21.8 Å². The number of anilines is 1. The smallest absolute Gasteiger partial charge is 0.321 e.